The van der Waals surface area contributed by atoms with Gasteiger partial charge in [0.2, 0.25) is 0 Å². The van der Waals surface area contributed by atoms with E-state index >= 15 is 0 Å². The lowest BCUT2D eigenvalue weighted by atomic mass is 10.3. The third kappa shape index (κ3) is 17.5. The molecule has 0 saturated carbocycles. The number of hydrogen-bond acceptors (Lipinski definition) is 4. The van der Waals surface area contributed by atoms with Crippen LogP contribution in [0.5, 0.6) is 0 Å². The summed E-state index contributed by atoms with van der Waals surface area (Å²) in [6.07, 6.45) is 2.48. The van der Waals surface area contributed by atoms with Crippen LogP contribution in [-0.4, -0.2) is 81.6 Å². The first-order valence-electron chi connectivity index (χ1n) is 13.4. The van der Waals surface area contributed by atoms with Gasteiger partial charge in [-0.2, -0.15) is 0 Å². The van der Waals surface area contributed by atoms with E-state index in [2.05, 4.69) is 106 Å². The molecule has 0 aromatic carbocycles. The molecule has 0 atom stereocenters. The van der Waals surface area contributed by atoms with Crippen LogP contribution < -0.4 is 0 Å². The molecule has 0 aliphatic carbocycles. The van der Waals surface area contributed by atoms with E-state index < -0.39 is 50.4 Å². The van der Waals surface area contributed by atoms with E-state index in [0.717, 1.165) is 4.48 Å². The monoisotopic (exact) mass is 584 g/mol. The molecule has 0 aliphatic rings. The molecule has 0 bridgehead atoms. The molecule has 34 heavy (non-hydrogen) atoms. The molecule has 0 unspecified atom stereocenters. The Morgan fingerprint density at radius 1 is 0.500 bits per heavy atom. The average molecular weight is 585 g/mol. The first-order valence-corrected chi connectivity index (χ1v) is 32.1. The number of quaternary nitrogens is 1. The van der Waals surface area contributed by atoms with Crippen molar-refractivity contribution in [2.75, 3.05) is 26.7 Å². The lowest BCUT2D eigenvalue weighted by Gasteiger charge is -2.39. The van der Waals surface area contributed by atoms with E-state index in [9.17, 15) is 0 Å². The fraction of sp³-hybridized carbons (Fsp3) is 1.00. The van der Waals surface area contributed by atoms with Crippen LogP contribution in [0.25, 0.3) is 0 Å². The topological polar surface area (TPSA) is 36.9 Å². The Hall–Kier alpha value is 1.10. The molecule has 0 radical (unpaired) electrons. The summed E-state index contributed by atoms with van der Waals surface area (Å²) in [4.78, 5) is 0. The third-order valence-corrected chi connectivity index (χ3v) is 26.2. The quantitative estimate of drug-likeness (QED) is 0.129. The summed E-state index contributed by atoms with van der Waals surface area (Å²) in [7, 11) is -8.27. The molecule has 0 N–H and O–H groups in total. The largest absolute Gasteiger partial charge is 0.437 e. The maximum Gasteiger partial charge on any atom is 0.311 e. The van der Waals surface area contributed by atoms with Gasteiger partial charge >= 0.3 is 17.1 Å². The molecule has 0 aromatic heterocycles. The van der Waals surface area contributed by atoms with Gasteiger partial charge in [-0.05, 0) is 124 Å². The summed E-state index contributed by atoms with van der Waals surface area (Å²) in [6, 6.07) is 2.42. The van der Waals surface area contributed by atoms with Crippen molar-refractivity contribution in [3.05, 3.63) is 0 Å². The highest BCUT2D eigenvalue weighted by Crippen LogP contribution is 2.26. The van der Waals surface area contributed by atoms with E-state index in [0.29, 0.717) is 0 Å². The second kappa shape index (κ2) is 12.8. The highest BCUT2D eigenvalue weighted by Gasteiger charge is 2.39. The molecular formula is C23H62NO4Si6+. The van der Waals surface area contributed by atoms with Gasteiger partial charge in [0.25, 0.3) is 0 Å². The van der Waals surface area contributed by atoms with Crippen molar-refractivity contribution in [2.24, 2.45) is 0 Å². The van der Waals surface area contributed by atoms with Gasteiger partial charge in [0.15, 0.2) is 33.3 Å². The standard InChI is InChI=1S/C23H62NO4Si6/c1-17-24(2,20-18-22-31(9,10)27-33(13,14)25-29(3,4)5)21-19-23-32(11,12)28-34(15,16)26-30(6,7)8/h17-23H2,1-16H3/q+1. The molecule has 0 heterocycles. The summed E-state index contributed by atoms with van der Waals surface area (Å²) in [5, 5.41) is 0. The average Bonchev–Trinajstić information content (AvgIpc) is 2.46. The van der Waals surface area contributed by atoms with Crippen molar-refractivity contribution >= 4 is 50.4 Å². The van der Waals surface area contributed by atoms with Gasteiger partial charge in [-0.1, -0.05) is 0 Å². The fourth-order valence-electron chi connectivity index (χ4n) is 5.15. The maximum atomic E-state index is 6.72. The lowest BCUT2D eigenvalue weighted by Crippen LogP contribution is -2.52. The van der Waals surface area contributed by atoms with Crippen molar-refractivity contribution < 1.29 is 20.9 Å². The Labute approximate surface area is 220 Å². The van der Waals surface area contributed by atoms with Gasteiger partial charge in [-0.15, -0.1) is 0 Å². The molecule has 5 nitrogen and oxygen atoms in total. The van der Waals surface area contributed by atoms with Gasteiger partial charge < -0.3 is 20.9 Å². The summed E-state index contributed by atoms with van der Waals surface area (Å²) < 4.78 is 27.5. The van der Waals surface area contributed by atoms with Crippen LogP contribution in [0.3, 0.4) is 0 Å². The fourth-order valence-corrected chi connectivity index (χ4v) is 31.5. The van der Waals surface area contributed by atoms with Crippen molar-refractivity contribution in [3.63, 3.8) is 0 Å². The zero-order chi connectivity index (χ0) is 27.3. The molecule has 0 rings (SSSR count). The number of rotatable bonds is 17. The van der Waals surface area contributed by atoms with Crippen LogP contribution >= 0.6 is 0 Å². The molecular weight excluding hydrogens is 523 g/mol. The van der Waals surface area contributed by atoms with Gasteiger partial charge in [-0.25, -0.2) is 0 Å². The molecule has 0 aromatic rings. The Morgan fingerprint density at radius 3 is 1.03 bits per heavy atom. The van der Waals surface area contributed by atoms with E-state index in [1.54, 1.807) is 0 Å². The molecule has 0 fully saturated rings. The summed E-state index contributed by atoms with van der Waals surface area (Å²) in [6.45, 7) is 38.0. The second-order valence-electron chi connectivity index (χ2n) is 14.5. The number of nitrogens with zero attached hydrogens (tertiary/aromatic N) is 1. The summed E-state index contributed by atoms with van der Waals surface area (Å²) in [5.74, 6) is 0. The molecule has 0 aliphatic heterocycles. The Morgan fingerprint density at radius 2 is 0.794 bits per heavy atom. The predicted octanol–water partition coefficient (Wildman–Crippen LogP) is 7.78. The van der Waals surface area contributed by atoms with E-state index in [1.165, 1.54) is 44.6 Å². The first kappa shape index (κ1) is 35.1. The van der Waals surface area contributed by atoms with Crippen molar-refractivity contribution in [2.45, 2.75) is 124 Å². The highest BCUT2D eigenvalue weighted by atomic mass is 28.5. The molecule has 0 spiro atoms. The normalized spacial score (nSPS) is 15.2. The van der Waals surface area contributed by atoms with Crippen LogP contribution in [0.15, 0.2) is 0 Å². The Balaban J connectivity index is 4.74. The van der Waals surface area contributed by atoms with E-state index in [4.69, 9.17) is 16.5 Å². The predicted molar refractivity (Wildman–Crippen MR) is 166 cm³/mol. The summed E-state index contributed by atoms with van der Waals surface area (Å²) >= 11 is 0. The minimum Gasteiger partial charge on any atom is -0.437 e. The summed E-state index contributed by atoms with van der Waals surface area (Å²) in [5.41, 5.74) is 0. The van der Waals surface area contributed by atoms with Crippen molar-refractivity contribution in [1.29, 1.82) is 0 Å². The van der Waals surface area contributed by atoms with Crippen LogP contribution in [0, 0.1) is 0 Å². The van der Waals surface area contributed by atoms with Crippen LogP contribution in [0.2, 0.25) is 104 Å². The second-order valence-corrected chi connectivity index (χ2v) is 39.9. The third-order valence-electron chi connectivity index (χ3n) is 5.87. The van der Waals surface area contributed by atoms with Crippen LogP contribution in [-0.2, 0) is 16.5 Å². The maximum absolute atomic E-state index is 6.72. The van der Waals surface area contributed by atoms with Gasteiger partial charge in [0.1, 0.15) is 0 Å². The van der Waals surface area contributed by atoms with Crippen molar-refractivity contribution in [3.8, 4) is 0 Å². The highest BCUT2D eigenvalue weighted by molar-refractivity contribution is 6.88. The Kier molecular flexibility index (Phi) is 13.2. The minimum absolute atomic E-state index is 1.15. The SMILES string of the molecule is CC[N+](C)(CCC[Si](C)(C)O[Si](C)(C)O[Si](C)(C)C)CCC[Si](C)(C)O[Si](C)(C)O[Si](C)(C)C. The molecule has 0 amide bonds. The van der Waals surface area contributed by atoms with Gasteiger partial charge in [0.05, 0.1) is 26.7 Å². The van der Waals surface area contributed by atoms with E-state index in [1.807, 2.05) is 0 Å². The lowest BCUT2D eigenvalue weighted by molar-refractivity contribution is -0.907. The van der Waals surface area contributed by atoms with Crippen molar-refractivity contribution in [1.82, 2.24) is 0 Å². The minimum atomic E-state index is -2.05. The first-order chi connectivity index (χ1) is 14.8. The molecule has 206 valence electrons. The smallest absolute Gasteiger partial charge is 0.311 e. The van der Waals surface area contributed by atoms with Crippen LogP contribution in [0.1, 0.15) is 19.8 Å². The van der Waals surface area contributed by atoms with Gasteiger partial charge in [0, 0.05) is 0 Å². The van der Waals surface area contributed by atoms with Crippen LogP contribution in [0.4, 0.5) is 0 Å². The Bertz CT molecular complexity index is 568. The molecule has 11 heteroatoms. The zero-order valence-corrected chi connectivity index (χ0v) is 32.0. The number of hydrogen-bond donors (Lipinski definition) is 0. The molecule has 0 saturated heterocycles. The van der Waals surface area contributed by atoms with Gasteiger partial charge in [-0.3, -0.25) is 0 Å². The van der Waals surface area contributed by atoms with E-state index in [-0.39, 0.29) is 0 Å². The zero-order valence-electron chi connectivity index (χ0n) is 26.0.